The number of fused-ring (bicyclic) bond motifs is 2. The third-order valence-electron chi connectivity index (χ3n) is 11.7. The Morgan fingerprint density at radius 2 is 1.14 bits per heavy atom. The summed E-state index contributed by atoms with van der Waals surface area (Å²) in [5, 5.41) is 0. The molecule has 0 saturated heterocycles. The van der Waals surface area contributed by atoms with Gasteiger partial charge in [-0.25, -0.2) is 0 Å². The summed E-state index contributed by atoms with van der Waals surface area (Å²) in [6.45, 7) is 22.9. The van der Waals surface area contributed by atoms with E-state index in [1.807, 2.05) is 0 Å². The van der Waals surface area contributed by atoms with Gasteiger partial charge in [0.2, 0.25) is 0 Å². The molecule has 4 heteroatoms. The van der Waals surface area contributed by atoms with Gasteiger partial charge in [0, 0.05) is 0 Å². The van der Waals surface area contributed by atoms with Crippen LogP contribution in [-0.4, -0.2) is 10.6 Å². The molecule has 0 radical (unpaired) electrons. The molecule has 0 aromatic heterocycles. The summed E-state index contributed by atoms with van der Waals surface area (Å²) in [6.07, 6.45) is 4.94. The van der Waals surface area contributed by atoms with Crippen molar-refractivity contribution in [2.24, 2.45) is 5.92 Å². The van der Waals surface area contributed by atoms with Crippen LogP contribution in [0.5, 0.6) is 0 Å². The maximum atomic E-state index is 8.72. The van der Waals surface area contributed by atoms with Crippen molar-refractivity contribution in [3.63, 3.8) is 0 Å². The average molecular weight is 831 g/mol. The molecule has 2 aliphatic rings. The molecule has 0 amide bonds. The van der Waals surface area contributed by atoms with Gasteiger partial charge in [0.05, 0.1) is 0 Å². The second kappa shape index (κ2) is 12.8. The first-order chi connectivity index (χ1) is 22.7. The fourth-order valence-corrected chi connectivity index (χ4v) is 54.8. The molecule has 0 saturated carbocycles. The van der Waals surface area contributed by atoms with E-state index in [-0.39, 0.29) is 18.1 Å². The summed E-state index contributed by atoms with van der Waals surface area (Å²) < 4.78 is 0.198. The predicted octanol–water partition coefficient (Wildman–Crippen LogP) is 14.2. The molecular formula is C45H55Cl2GeZr. The average Bonchev–Trinajstić information content (AvgIpc) is 3.61. The van der Waals surface area contributed by atoms with Gasteiger partial charge in [-0.15, -0.1) is 0 Å². The Morgan fingerprint density at radius 1 is 0.633 bits per heavy atom. The SMILES string of the molecule is CC1=Cc2c(-c3ccc(C(C)(C)C)cc3)ccc(C)c2[CH]1[Zr]([Cl])([Cl])([CH]1C(C(C)C)=Cc2c(-c3ccc(C(C)(C)C)cc3)cccc21)[GeH]([CH3])[CH3]. The van der Waals surface area contributed by atoms with Crippen LogP contribution in [0.25, 0.3) is 34.4 Å². The van der Waals surface area contributed by atoms with E-state index in [9.17, 15) is 0 Å². The molecule has 0 aliphatic heterocycles. The van der Waals surface area contributed by atoms with Gasteiger partial charge in [-0.3, -0.25) is 0 Å². The molecule has 2 atom stereocenters. The van der Waals surface area contributed by atoms with Gasteiger partial charge in [0.15, 0.2) is 0 Å². The molecule has 0 N–H and O–H groups in total. The van der Waals surface area contributed by atoms with Crippen LogP contribution in [0, 0.1) is 12.8 Å². The molecule has 2 aliphatic carbocycles. The molecule has 0 bridgehead atoms. The van der Waals surface area contributed by atoms with Crippen LogP contribution in [0.4, 0.5) is 0 Å². The summed E-state index contributed by atoms with van der Waals surface area (Å²) in [6, 6.07) is 30.0. The Morgan fingerprint density at radius 3 is 1.61 bits per heavy atom. The van der Waals surface area contributed by atoms with Crippen molar-refractivity contribution in [1.82, 2.24) is 0 Å². The number of rotatable bonds is 6. The standard InChI is InChI=1S/C22H25.C21H23.C2H7Ge.2ClH.Zr/c1-15(2)18-13-17-7-6-8-20(21(17)14-18)16-9-11-19(12-10-16)22(3,4)5;1-14-12-19-15(2)6-11-18(20(19)13-14)16-7-9-17(10-8-16)21(3,4)5;1-3-2;;;/h6-15H,1-5H3;6-13H,1-5H3;3H,1-2H3;2*1H;/q;;;;;+2/p-2. The summed E-state index contributed by atoms with van der Waals surface area (Å²) >= 11 is -4.81. The second-order valence-corrected chi connectivity index (χ2v) is 81.8. The van der Waals surface area contributed by atoms with E-state index in [4.69, 9.17) is 17.0 Å². The number of aryl methyl sites for hydroxylation is 1. The Bertz CT molecular complexity index is 1980. The number of hydrogen-bond donors (Lipinski definition) is 0. The van der Waals surface area contributed by atoms with Crippen LogP contribution in [0.3, 0.4) is 0 Å². The number of halogens is 2. The quantitative estimate of drug-likeness (QED) is 0.170. The number of allylic oxidation sites excluding steroid dienone is 2. The van der Waals surface area contributed by atoms with Crippen LogP contribution in [0.15, 0.2) is 90.0 Å². The van der Waals surface area contributed by atoms with Gasteiger partial charge in [-0.05, 0) is 0 Å². The van der Waals surface area contributed by atoms with E-state index in [0.717, 1.165) is 0 Å². The van der Waals surface area contributed by atoms with Gasteiger partial charge < -0.3 is 0 Å². The minimum absolute atomic E-state index is 0.0985. The van der Waals surface area contributed by atoms with Crippen molar-refractivity contribution in [2.75, 3.05) is 0 Å². The van der Waals surface area contributed by atoms with Crippen molar-refractivity contribution >= 4 is 39.7 Å². The van der Waals surface area contributed by atoms with Gasteiger partial charge in [-0.1, -0.05) is 0 Å². The van der Waals surface area contributed by atoms with Gasteiger partial charge in [0.1, 0.15) is 0 Å². The predicted molar refractivity (Wildman–Crippen MR) is 218 cm³/mol. The van der Waals surface area contributed by atoms with Crippen molar-refractivity contribution < 1.29 is 13.9 Å². The summed E-state index contributed by atoms with van der Waals surface area (Å²) in [4.78, 5) is 0. The van der Waals surface area contributed by atoms with E-state index in [1.54, 1.807) is 0 Å². The van der Waals surface area contributed by atoms with E-state index >= 15 is 0 Å². The molecule has 0 heterocycles. The van der Waals surface area contributed by atoms with Crippen molar-refractivity contribution in [2.45, 2.75) is 98.8 Å². The molecule has 0 nitrogen and oxygen atoms in total. The Balaban J connectivity index is 1.54. The van der Waals surface area contributed by atoms with Gasteiger partial charge >= 0.3 is 310 Å². The van der Waals surface area contributed by atoms with Crippen molar-refractivity contribution in [1.29, 1.82) is 0 Å². The molecular weight excluding hydrogens is 775 g/mol. The summed E-state index contributed by atoms with van der Waals surface area (Å²) in [5.41, 5.74) is 17.6. The molecule has 2 unspecified atom stereocenters. The van der Waals surface area contributed by atoms with Gasteiger partial charge in [0.25, 0.3) is 0 Å². The number of benzene rings is 4. The Labute approximate surface area is 306 Å². The third-order valence-corrected chi connectivity index (χ3v) is 93.6. The number of hydrogen-bond acceptors (Lipinski definition) is 0. The normalized spacial score (nSPS) is 18.7. The van der Waals surface area contributed by atoms with Crippen LogP contribution in [0.2, 0.25) is 11.5 Å². The minimum atomic E-state index is -4.81. The summed E-state index contributed by atoms with van der Waals surface area (Å²) in [7, 11) is 15.2. The summed E-state index contributed by atoms with van der Waals surface area (Å²) in [5.74, 6) is 5.34. The van der Waals surface area contributed by atoms with Gasteiger partial charge in [-0.2, -0.15) is 0 Å². The molecule has 4 aromatic carbocycles. The molecule has 0 fully saturated rings. The van der Waals surface area contributed by atoms with E-state index in [1.165, 1.54) is 72.3 Å². The molecule has 257 valence electrons. The second-order valence-electron chi connectivity index (χ2n) is 17.7. The van der Waals surface area contributed by atoms with Crippen LogP contribution < -0.4 is 0 Å². The van der Waals surface area contributed by atoms with Crippen LogP contribution >= 0.6 is 17.0 Å². The van der Waals surface area contributed by atoms with E-state index in [2.05, 4.69) is 172 Å². The third kappa shape index (κ3) is 6.20. The van der Waals surface area contributed by atoms with Crippen LogP contribution in [0.1, 0.15) is 109 Å². The van der Waals surface area contributed by atoms with E-state index in [0.29, 0.717) is 5.92 Å². The molecule has 49 heavy (non-hydrogen) atoms. The fourth-order valence-electron chi connectivity index (χ4n) is 8.71. The first-order valence-electron chi connectivity index (χ1n) is 18.2. The monoisotopic (exact) mass is 829 g/mol. The zero-order valence-electron chi connectivity index (χ0n) is 31.7. The molecule has 6 rings (SSSR count). The fraction of sp³-hybridized carbons (Fsp3) is 0.378. The zero-order chi connectivity index (χ0) is 35.9. The topological polar surface area (TPSA) is 0 Å². The molecule has 4 aromatic rings. The maximum absolute atomic E-state index is 8.72. The zero-order valence-corrected chi connectivity index (χ0v) is 38.1. The Kier molecular flexibility index (Phi) is 9.69. The Hall–Kier alpha value is -1.63. The van der Waals surface area contributed by atoms with Crippen molar-refractivity contribution in [3.8, 4) is 22.3 Å². The first-order valence-corrected chi connectivity index (χ1v) is 40.8. The first kappa shape index (κ1) is 37.1. The molecule has 0 spiro atoms. The van der Waals surface area contributed by atoms with Crippen LogP contribution in [-0.2, 0) is 24.7 Å². The van der Waals surface area contributed by atoms with E-state index < -0.39 is 24.4 Å². The van der Waals surface area contributed by atoms with Crippen molar-refractivity contribution in [3.05, 3.63) is 129 Å².